The van der Waals surface area contributed by atoms with Crippen LogP contribution in [-0.2, 0) is 6.54 Å². The van der Waals surface area contributed by atoms with Gasteiger partial charge in [-0.1, -0.05) is 6.42 Å². The van der Waals surface area contributed by atoms with E-state index in [0.29, 0.717) is 23.8 Å². The molecule has 0 aliphatic carbocycles. The molecule has 6 heterocycles. The van der Waals surface area contributed by atoms with E-state index in [4.69, 9.17) is 4.98 Å². The number of nitrogens with zero attached hydrogens (tertiary/aromatic N) is 6. The van der Waals surface area contributed by atoms with E-state index >= 15 is 0 Å². The fourth-order valence-electron chi connectivity index (χ4n) is 5.76. The first kappa shape index (κ1) is 22.4. The number of hydrogen-bond acceptors (Lipinski definition) is 8. The highest BCUT2D eigenvalue weighted by Crippen LogP contribution is 2.37. The largest absolute Gasteiger partial charge is 0.367 e. The van der Waals surface area contributed by atoms with Crippen LogP contribution in [-0.4, -0.2) is 48.2 Å². The molecule has 0 saturated carbocycles. The van der Waals surface area contributed by atoms with Crippen molar-refractivity contribution in [2.45, 2.75) is 63.7 Å². The quantitative estimate of drug-likeness (QED) is 0.365. The van der Waals surface area contributed by atoms with Gasteiger partial charge in [0, 0.05) is 60.3 Å². The molecule has 1 unspecified atom stereocenters. The summed E-state index contributed by atoms with van der Waals surface area (Å²) in [5, 5.41) is 24.6. The van der Waals surface area contributed by atoms with E-state index in [1.165, 1.54) is 19.3 Å². The first-order chi connectivity index (χ1) is 17.6. The number of anilines is 3. The number of H-pyrrole nitrogens is 1. The topological polar surface area (TPSA) is 118 Å². The Balaban J connectivity index is 1.22. The average Bonchev–Trinajstić information content (AvgIpc) is 3.29. The standard InChI is InChI=1S/C27H29N9/c1-17-10-26(35-34-17)32-25-14-24-23(6-3-8-30-24)27(33-25)31-19-12-21-4-2-5-22(13-19)36(21)16-18-7-9-29-20(11-18)15-28/h3,6-11,14,19,21-22H,2,4-5,12-13,16H2,1H3,(H3,31,32,33,34,35)/t19?,21-,22+. The summed E-state index contributed by atoms with van der Waals surface area (Å²) in [6.07, 6.45) is 9.34. The summed E-state index contributed by atoms with van der Waals surface area (Å²) in [6, 6.07) is 15.4. The van der Waals surface area contributed by atoms with Crippen LogP contribution in [0.4, 0.5) is 17.5 Å². The van der Waals surface area contributed by atoms with E-state index in [9.17, 15) is 5.26 Å². The first-order valence-corrected chi connectivity index (χ1v) is 12.6. The van der Waals surface area contributed by atoms with Crippen molar-refractivity contribution in [2.75, 3.05) is 10.6 Å². The third-order valence-electron chi connectivity index (χ3n) is 7.33. The molecule has 3 atom stereocenters. The van der Waals surface area contributed by atoms with E-state index < -0.39 is 0 Å². The molecule has 2 fully saturated rings. The molecule has 2 aliphatic heterocycles. The molecule has 2 bridgehead atoms. The van der Waals surface area contributed by atoms with E-state index in [2.05, 4.69) is 47.8 Å². The number of fused-ring (bicyclic) bond motifs is 3. The summed E-state index contributed by atoms with van der Waals surface area (Å²) in [4.78, 5) is 16.3. The van der Waals surface area contributed by atoms with Gasteiger partial charge < -0.3 is 10.6 Å². The Morgan fingerprint density at radius 3 is 2.72 bits per heavy atom. The molecule has 9 heteroatoms. The van der Waals surface area contributed by atoms with Crippen molar-refractivity contribution in [2.24, 2.45) is 0 Å². The number of nitriles is 1. The lowest BCUT2D eigenvalue weighted by molar-refractivity contribution is 0.0277. The molecule has 182 valence electrons. The molecule has 2 aliphatic rings. The van der Waals surface area contributed by atoms with Gasteiger partial charge in [-0.2, -0.15) is 10.4 Å². The van der Waals surface area contributed by atoms with Crippen LogP contribution in [0, 0.1) is 18.3 Å². The Morgan fingerprint density at radius 1 is 1.08 bits per heavy atom. The lowest BCUT2D eigenvalue weighted by Crippen LogP contribution is -2.54. The number of rotatable bonds is 6. The fraction of sp³-hybridized carbons (Fsp3) is 0.370. The predicted octanol–water partition coefficient (Wildman–Crippen LogP) is 4.67. The molecule has 4 aromatic heterocycles. The van der Waals surface area contributed by atoms with Crippen molar-refractivity contribution in [3.05, 3.63) is 65.7 Å². The van der Waals surface area contributed by atoms with Crippen LogP contribution in [0.5, 0.6) is 0 Å². The maximum Gasteiger partial charge on any atom is 0.153 e. The van der Waals surface area contributed by atoms with Crippen LogP contribution >= 0.6 is 0 Å². The van der Waals surface area contributed by atoms with Gasteiger partial charge in [0.15, 0.2) is 5.82 Å². The van der Waals surface area contributed by atoms with Gasteiger partial charge in [-0.25, -0.2) is 9.97 Å². The van der Waals surface area contributed by atoms with Crippen molar-refractivity contribution in [1.29, 1.82) is 5.26 Å². The Labute approximate surface area is 210 Å². The average molecular weight is 480 g/mol. The van der Waals surface area contributed by atoms with Crippen LogP contribution < -0.4 is 10.6 Å². The SMILES string of the molecule is Cc1cc(Nc2cc3ncccc3c(NC3C[C@H]4CCC[C@@H](C3)N4Cc3ccnc(C#N)c3)n2)n[nH]1. The maximum absolute atomic E-state index is 9.23. The Kier molecular flexibility index (Phi) is 5.95. The predicted molar refractivity (Wildman–Crippen MR) is 139 cm³/mol. The number of hydrogen-bond donors (Lipinski definition) is 3. The molecule has 36 heavy (non-hydrogen) atoms. The van der Waals surface area contributed by atoms with Crippen molar-refractivity contribution in [1.82, 2.24) is 30.0 Å². The zero-order chi connectivity index (χ0) is 24.5. The molecule has 0 radical (unpaired) electrons. The van der Waals surface area contributed by atoms with Crippen LogP contribution in [0.2, 0.25) is 0 Å². The molecule has 0 aromatic carbocycles. The van der Waals surface area contributed by atoms with Crippen LogP contribution in [0.3, 0.4) is 0 Å². The van der Waals surface area contributed by atoms with E-state index in [0.717, 1.165) is 59.0 Å². The highest BCUT2D eigenvalue weighted by molar-refractivity contribution is 5.91. The molecular weight excluding hydrogens is 450 g/mol. The monoisotopic (exact) mass is 479 g/mol. The lowest BCUT2D eigenvalue weighted by Gasteiger charge is -2.49. The number of aryl methyl sites for hydroxylation is 1. The van der Waals surface area contributed by atoms with E-state index in [1.807, 2.05) is 43.5 Å². The molecule has 9 nitrogen and oxygen atoms in total. The molecule has 4 aromatic rings. The number of pyridine rings is 3. The van der Waals surface area contributed by atoms with Crippen molar-refractivity contribution in [3.8, 4) is 6.07 Å². The van der Waals surface area contributed by atoms with Gasteiger partial charge in [0.2, 0.25) is 0 Å². The second-order valence-electron chi connectivity index (χ2n) is 9.87. The number of piperidine rings is 2. The number of nitrogens with one attached hydrogen (secondary N) is 3. The Morgan fingerprint density at radius 2 is 1.94 bits per heavy atom. The molecular formula is C27H29N9. The molecule has 6 rings (SSSR count). The smallest absolute Gasteiger partial charge is 0.153 e. The normalized spacial score (nSPS) is 21.7. The molecule has 3 N–H and O–H groups in total. The third kappa shape index (κ3) is 4.60. The number of aromatic nitrogens is 5. The summed E-state index contributed by atoms with van der Waals surface area (Å²) < 4.78 is 0. The van der Waals surface area contributed by atoms with Gasteiger partial charge in [-0.15, -0.1) is 0 Å². The summed E-state index contributed by atoms with van der Waals surface area (Å²) in [6.45, 7) is 2.84. The highest BCUT2D eigenvalue weighted by Gasteiger charge is 2.38. The summed E-state index contributed by atoms with van der Waals surface area (Å²) in [5.74, 6) is 2.32. The minimum absolute atomic E-state index is 0.336. The van der Waals surface area contributed by atoms with Gasteiger partial charge in [-0.3, -0.25) is 15.0 Å². The van der Waals surface area contributed by atoms with Gasteiger partial charge in [0.05, 0.1) is 5.52 Å². The number of aromatic amines is 1. The fourth-order valence-corrected chi connectivity index (χ4v) is 5.76. The second-order valence-corrected chi connectivity index (χ2v) is 9.87. The van der Waals surface area contributed by atoms with Gasteiger partial charge in [-0.05, 0) is 62.4 Å². The van der Waals surface area contributed by atoms with E-state index in [-0.39, 0.29) is 0 Å². The summed E-state index contributed by atoms with van der Waals surface area (Å²) in [5.41, 5.74) is 3.53. The summed E-state index contributed by atoms with van der Waals surface area (Å²) in [7, 11) is 0. The second kappa shape index (κ2) is 9.55. The molecule has 0 spiro atoms. The van der Waals surface area contributed by atoms with Crippen molar-refractivity contribution in [3.63, 3.8) is 0 Å². The highest BCUT2D eigenvalue weighted by atomic mass is 15.2. The van der Waals surface area contributed by atoms with Crippen LogP contribution in [0.15, 0.2) is 48.8 Å². The molecule has 2 saturated heterocycles. The van der Waals surface area contributed by atoms with Crippen LogP contribution in [0.25, 0.3) is 10.9 Å². The lowest BCUT2D eigenvalue weighted by atomic mass is 9.81. The minimum atomic E-state index is 0.336. The third-order valence-corrected chi connectivity index (χ3v) is 7.33. The maximum atomic E-state index is 9.23. The van der Waals surface area contributed by atoms with Gasteiger partial charge in [0.25, 0.3) is 0 Å². The zero-order valence-electron chi connectivity index (χ0n) is 20.3. The zero-order valence-corrected chi connectivity index (χ0v) is 20.3. The Hall–Kier alpha value is -4.03. The van der Waals surface area contributed by atoms with Crippen molar-refractivity contribution < 1.29 is 0 Å². The van der Waals surface area contributed by atoms with E-state index in [1.54, 1.807) is 6.20 Å². The van der Waals surface area contributed by atoms with Crippen molar-refractivity contribution >= 4 is 28.4 Å². The Bertz CT molecular complexity index is 1410. The van der Waals surface area contributed by atoms with Gasteiger partial charge in [0.1, 0.15) is 23.4 Å². The molecule has 0 amide bonds. The minimum Gasteiger partial charge on any atom is -0.367 e. The van der Waals surface area contributed by atoms with Crippen LogP contribution in [0.1, 0.15) is 49.1 Å². The summed E-state index contributed by atoms with van der Waals surface area (Å²) >= 11 is 0. The first-order valence-electron chi connectivity index (χ1n) is 12.6. The van der Waals surface area contributed by atoms with Gasteiger partial charge >= 0.3 is 0 Å².